The van der Waals surface area contributed by atoms with Crippen LogP contribution in [-0.2, 0) is 11.2 Å². The Morgan fingerprint density at radius 1 is 1.05 bits per heavy atom. The summed E-state index contributed by atoms with van der Waals surface area (Å²) in [6.07, 6.45) is 3.17. The molecule has 21 heavy (non-hydrogen) atoms. The summed E-state index contributed by atoms with van der Waals surface area (Å²) < 4.78 is 0. The third kappa shape index (κ3) is 2.97. The van der Waals surface area contributed by atoms with Crippen LogP contribution in [0.15, 0.2) is 60.8 Å². The maximum absolute atomic E-state index is 11.4. The van der Waals surface area contributed by atoms with Gasteiger partial charge in [0.25, 0.3) is 0 Å². The smallest absolute Gasteiger partial charge is 0.218 e. The second kappa shape index (κ2) is 5.83. The first-order valence-corrected chi connectivity index (χ1v) is 7.12. The van der Waals surface area contributed by atoms with Crippen molar-refractivity contribution in [2.75, 3.05) is 0 Å². The number of H-pyrrole nitrogens is 1. The molecule has 0 saturated carbocycles. The van der Waals surface area contributed by atoms with Crippen LogP contribution in [0.1, 0.15) is 23.5 Å². The van der Waals surface area contributed by atoms with Crippen molar-refractivity contribution in [1.29, 1.82) is 0 Å². The minimum atomic E-state index is -0.263. The van der Waals surface area contributed by atoms with E-state index in [4.69, 9.17) is 5.73 Å². The fraction of sp³-hybridized carbons (Fsp3) is 0.167. The molecule has 0 aliphatic carbocycles. The van der Waals surface area contributed by atoms with Crippen molar-refractivity contribution in [1.82, 2.24) is 4.98 Å². The predicted molar refractivity (Wildman–Crippen MR) is 85.0 cm³/mol. The highest BCUT2D eigenvalue weighted by molar-refractivity contribution is 5.85. The van der Waals surface area contributed by atoms with Gasteiger partial charge in [0.15, 0.2) is 0 Å². The lowest BCUT2D eigenvalue weighted by Gasteiger charge is -2.15. The maximum atomic E-state index is 11.4. The summed E-state index contributed by atoms with van der Waals surface area (Å²) in [6, 6.07) is 18.4. The summed E-state index contributed by atoms with van der Waals surface area (Å²) in [5.41, 5.74) is 8.92. The van der Waals surface area contributed by atoms with Gasteiger partial charge in [0, 0.05) is 23.5 Å². The molecule has 0 aliphatic heterocycles. The quantitative estimate of drug-likeness (QED) is 0.738. The van der Waals surface area contributed by atoms with Gasteiger partial charge in [0.05, 0.1) is 0 Å². The van der Waals surface area contributed by atoms with E-state index in [9.17, 15) is 4.79 Å². The molecule has 1 heterocycles. The third-order valence-corrected chi connectivity index (χ3v) is 3.83. The molecule has 0 bridgehead atoms. The molecule has 0 fully saturated rings. The van der Waals surface area contributed by atoms with Gasteiger partial charge in [-0.15, -0.1) is 0 Å². The Morgan fingerprint density at radius 3 is 2.52 bits per heavy atom. The number of fused-ring (bicyclic) bond motifs is 1. The van der Waals surface area contributed by atoms with Crippen molar-refractivity contribution >= 4 is 16.8 Å². The van der Waals surface area contributed by atoms with E-state index in [0.717, 1.165) is 17.5 Å². The van der Waals surface area contributed by atoms with Gasteiger partial charge in [0.2, 0.25) is 5.91 Å². The molecule has 3 rings (SSSR count). The molecular formula is C18H18N2O. The van der Waals surface area contributed by atoms with E-state index < -0.39 is 0 Å². The number of nitrogens with two attached hydrogens (primary N) is 1. The van der Waals surface area contributed by atoms with Crippen LogP contribution >= 0.6 is 0 Å². The second-order valence-corrected chi connectivity index (χ2v) is 5.35. The zero-order valence-corrected chi connectivity index (χ0v) is 11.8. The van der Waals surface area contributed by atoms with Crippen molar-refractivity contribution in [2.24, 2.45) is 5.73 Å². The van der Waals surface area contributed by atoms with Crippen molar-refractivity contribution in [3.05, 3.63) is 71.9 Å². The normalized spacial score (nSPS) is 12.4. The molecule has 1 amide bonds. The van der Waals surface area contributed by atoms with E-state index in [-0.39, 0.29) is 11.8 Å². The number of hydrogen-bond acceptors (Lipinski definition) is 1. The Balaban J connectivity index is 1.97. The summed E-state index contributed by atoms with van der Waals surface area (Å²) in [4.78, 5) is 14.7. The number of aromatic nitrogens is 1. The van der Waals surface area contributed by atoms with Gasteiger partial charge in [-0.1, -0.05) is 48.5 Å². The van der Waals surface area contributed by atoms with E-state index >= 15 is 0 Å². The number of carbonyl (C=O) groups excluding carboxylic acids is 1. The lowest BCUT2D eigenvalue weighted by atomic mass is 9.89. The molecule has 0 spiro atoms. The van der Waals surface area contributed by atoms with Crippen LogP contribution in [0.5, 0.6) is 0 Å². The lowest BCUT2D eigenvalue weighted by Crippen LogP contribution is -2.16. The van der Waals surface area contributed by atoms with E-state index in [1.165, 1.54) is 10.9 Å². The van der Waals surface area contributed by atoms with Gasteiger partial charge < -0.3 is 10.7 Å². The fourth-order valence-corrected chi connectivity index (χ4v) is 2.87. The molecule has 3 nitrogen and oxygen atoms in total. The van der Waals surface area contributed by atoms with Crippen LogP contribution in [0.4, 0.5) is 0 Å². The number of primary amides is 1. The average molecular weight is 278 g/mol. The zero-order valence-electron chi connectivity index (χ0n) is 11.8. The van der Waals surface area contributed by atoms with Gasteiger partial charge in [-0.2, -0.15) is 0 Å². The van der Waals surface area contributed by atoms with Crippen molar-refractivity contribution in [3.8, 4) is 0 Å². The highest BCUT2D eigenvalue weighted by Gasteiger charge is 2.18. The molecule has 1 atom stereocenters. The van der Waals surface area contributed by atoms with Crippen molar-refractivity contribution in [2.45, 2.75) is 18.8 Å². The molecule has 3 heteroatoms. The number of carbonyl (C=O) groups is 1. The molecule has 0 radical (unpaired) electrons. The summed E-state index contributed by atoms with van der Waals surface area (Å²) in [5, 5.41) is 1.17. The first-order valence-electron chi connectivity index (χ1n) is 7.12. The minimum absolute atomic E-state index is 0.0982. The number of rotatable bonds is 5. The molecule has 3 N–H and O–H groups in total. The number of nitrogens with one attached hydrogen (secondary N) is 1. The number of hydrogen-bond donors (Lipinski definition) is 2. The van der Waals surface area contributed by atoms with Crippen LogP contribution in [0.2, 0.25) is 0 Å². The number of para-hydroxylation sites is 1. The Labute approximate surface area is 123 Å². The van der Waals surface area contributed by atoms with Gasteiger partial charge >= 0.3 is 0 Å². The standard InChI is InChI=1S/C18H18N2O/c19-18(21)11-14(10-13-6-2-1-3-7-13)16-12-20-17-9-5-4-8-15(16)17/h1-9,12,14,20H,10-11H2,(H2,19,21)/t14-/m1/s1. The van der Waals surface area contributed by atoms with Crippen LogP contribution in [0.3, 0.4) is 0 Å². The summed E-state index contributed by atoms with van der Waals surface area (Å²) in [6.45, 7) is 0. The zero-order chi connectivity index (χ0) is 14.7. The van der Waals surface area contributed by atoms with Crippen LogP contribution < -0.4 is 5.73 Å². The molecule has 0 unspecified atom stereocenters. The highest BCUT2D eigenvalue weighted by Crippen LogP contribution is 2.30. The number of amides is 1. The maximum Gasteiger partial charge on any atom is 0.218 e. The minimum Gasteiger partial charge on any atom is -0.370 e. The Bertz CT molecular complexity index is 746. The molecule has 0 saturated heterocycles. The van der Waals surface area contributed by atoms with Gasteiger partial charge in [-0.25, -0.2) is 0 Å². The molecule has 0 aliphatic rings. The third-order valence-electron chi connectivity index (χ3n) is 3.83. The monoisotopic (exact) mass is 278 g/mol. The fourth-order valence-electron chi connectivity index (χ4n) is 2.87. The van der Waals surface area contributed by atoms with E-state index in [1.807, 2.05) is 42.6 Å². The second-order valence-electron chi connectivity index (χ2n) is 5.35. The first-order chi connectivity index (χ1) is 10.2. The summed E-state index contributed by atoms with van der Waals surface area (Å²) in [7, 11) is 0. The highest BCUT2D eigenvalue weighted by atomic mass is 16.1. The van der Waals surface area contributed by atoms with Gasteiger partial charge in [-0.05, 0) is 29.5 Å². The lowest BCUT2D eigenvalue weighted by molar-refractivity contribution is -0.118. The van der Waals surface area contributed by atoms with Crippen LogP contribution in [0, 0.1) is 0 Å². The molecule has 2 aromatic carbocycles. The van der Waals surface area contributed by atoms with E-state index in [0.29, 0.717) is 6.42 Å². The van der Waals surface area contributed by atoms with Crippen LogP contribution in [-0.4, -0.2) is 10.9 Å². The molecule has 1 aromatic heterocycles. The average Bonchev–Trinajstić information content (AvgIpc) is 2.91. The van der Waals surface area contributed by atoms with Crippen molar-refractivity contribution in [3.63, 3.8) is 0 Å². The van der Waals surface area contributed by atoms with E-state index in [1.54, 1.807) is 0 Å². The first kappa shape index (κ1) is 13.4. The SMILES string of the molecule is NC(=O)C[C@@H](Cc1ccccc1)c1c[nH]c2ccccc12. The number of benzene rings is 2. The Morgan fingerprint density at radius 2 is 1.76 bits per heavy atom. The largest absolute Gasteiger partial charge is 0.370 e. The topological polar surface area (TPSA) is 58.9 Å². The number of aromatic amines is 1. The molecule has 106 valence electrons. The molecular weight excluding hydrogens is 260 g/mol. The summed E-state index contributed by atoms with van der Waals surface area (Å²) >= 11 is 0. The summed E-state index contributed by atoms with van der Waals surface area (Å²) in [5.74, 6) is -0.165. The van der Waals surface area contributed by atoms with Crippen LogP contribution in [0.25, 0.3) is 10.9 Å². The van der Waals surface area contributed by atoms with Gasteiger partial charge in [0.1, 0.15) is 0 Å². The molecule has 3 aromatic rings. The Kier molecular flexibility index (Phi) is 3.73. The van der Waals surface area contributed by atoms with Gasteiger partial charge in [-0.3, -0.25) is 4.79 Å². The van der Waals surface area contributed by atoms with Crippen molar-refractivity contribution < 1.29 is 4.79 Å². The van der Waals surface area contributed by atoms with E-state index in [2.05, 4.69) is 23.2 Å². The Hall–Kier alpha value is -2.55. The predicted octanol–water partition coefficient (Wildman–Crippen LogP) is 3.37.